The van der Waals surface area contributed by atoms with E-state index < -0.39 is 0 Å². The van der Waals surface area contributed by atoms with E-state index in [0.717, 1.165) is 44.3 Å². The van der Waals surface area contributed by atoms with Crippen LogP contribution < -0.4 is 15.4 Å². The molecule has 1 aliphatic carbocycles. The summed E-state index contributed by atoms with van der Waals surface area (Å²) in [6.07, 6.45) is 7.06. The van der Waals surface area contributed by atoms with Crippen molar-refractivity contribution >= 4 is 11.6 Å². The molecule has 1 aliphatic heterocycles. The van der Waals surface area contributed by atoms with Gasteiger partial charge in [0.05, 0.1) is 6.61 Å². The van der Waals surface area contributed by atoms with Crippen molar-refractivity contribution in [3.05, 3.63) is 24.3 Å². The normalized spacial score (nSPS) is 24.3. The first-order valence-electron chi connectivity index (χ1n) is 11.6. The van der Waals surface area contributed by atoms with Crippen molar-refractivity contribution in [1.29, 1.82) is 0 Å². The van der Waals surface area contributed by atoms with Gasteiger partial charge < -0.3 is 15.4 Å². The number of nitrogens with two attached hydrogens (primary N) is 1. The van der Waals surface area contributed by atoms with Crippen LogP contribution >= 0.6 is 0 Å². The van der Waals surface area contributed by atoms with Gasteiger partial charge in [-0.25, -0.2) is 0 Å². The molecule has 1 unspecified atom stereocenters. The third kappa shape index (κ3) is 6.11. The zero-order valence-corrected chi connectivity index (χ0v) is 18.3. The van der Waals surface area contributed by atoms with E-state index in [1.807, 2.05) is 13.0 Å². The molecule has 2 aliphatic rings. The Morgan fingerprint density at radius 2 is 1.86 bits per heavy atom. The van der Waals surface area contributed by atoms with Gasteiger partial charge in [-0.2, -0.15) is 0 Å². The number of anilines is 1. The lowest BCUT2D eigenvalue weighted by molar-refractivity contribution is -0.124. The van der Waals surface area contributed by atoms with Gasteiger partial charge in [0.25, 0.3) is 0 Å². The molecule has 162 valence electrons. The maximum atomic E-state index is 11.6. The maximum absolute atomic E-state index is 11.6. The van der Waals surface area contributed by atoms with Crippen LogP contribution in [0.3, 0.4) is 0 Å². The van der Waals surface area contributed by atoms with Gasteiger partial charge in [-0.15, -0.1) is 0 Å². The average Bonchev–Trinajstić information content (AvgIpc) is 2.74. The molecule has 0 spiro atoms. The van der Waals surface area contributed by atoms with E-state index in [1.54, 1.807) is 0 Å². The zero-order valence-electron chi connectivity index (χ0n) is 18.3. The SMILES string of the molecule is CCOc1cccc(N2CCN(CCC3CCC(C(CC)C(N)=O)CC3)CC2)c1. The molecule has 0 radical (unpaired) electrons. The van der Waals surface area contributed by atoms with Crippen LogP contribution in [-0.4, -0.2) is 50.1 Å². The standard InChI is InChI=1S/C24H39N3O2/c1-3-23(24(25)28)20-10-8-19(9-11-20)12-13-26-14-16-27(17-15-26)21-6-5-7-22(18-21)29-4-2/h5-7,18-20,23H,3-4,8-17H2,1-2H3,(H2,25,28). The fourth-order valence-electron chi connectivity index (χ4n) is 5.18. The summed E-state index contributed by atoms with van der Waals surface area (Å²) in [7, 11) is 0. The van der Waals surface area contributed by atoms with Gasteiger partial charge in [-0.1, -0.05) is 25.8 Å². The van der Waals surface area contributed by atoms with Crippen molar-refractivity contribution in [2.24, 2.45) is 23.5 Å². The Balaban J connectivity index is 1.37. The van der Waals surface area contributed by atoms with Crippen LogP contribution in [-0.2, 0) is 4.79 Å². The Kier molecular flexibility index (Phi) is 8.22. The largest absolute Gasteiger partial charge is 0.494 e. The van der Waals surface area contributed by atoms with E-state index >= 15 is 0 Å². The lowest BCUT2D eigenvalue weighted by atomic mass is 9.74. The Morgan fingerprint density at radius 1 is 1.14 bits per heavy atom. The van der Waals surface area contributed by atoms with Crippen molar-refractivity contribution < 1.29 is 9.53 Å². The Hall–Kier alpha value is -1.75. The Labute approximate surface area is 176 Å². The van der Waals surface area contributed by atoms with Crippen molar-refractivity contribution in [2.45, 2.75) is 52.4 Å². The molecule has 29 heavy (non-hydrogen) atoms. The number of hydrogen-bond donors (Lipinski definition) is 1. The van der Waals surface area contributed by atoms with Crippen LogP contribution in [0.25, 0.3) is 0 Å². The molecule has 5 heteroatoms. The third-order valence-electron chi connectivity index (χ3n) is 6.99. The van der Waals surface area contributed by atoms with Crippen molar-refractivity contribution in [1.82, 2.24) is 4.90 Å². The Morgan fingerprint density at radius 3 is 2.48 bits per heavy atom. The molecule has 1 saturated heterocycles. The molecule has 5 nitrogen and oxygen atoms in total. The molecule has 1 amide bonds. The average molecular weight is 402 g/mol. The van der Waals surface area contributed by atoms with Crippen LogP contribution in [0.2, 0.25) is 0 Å². The number of hydrogen-bond acceptors (Lipinski definition) is 4. The second-order valence-electron chi connectivity index (χ2n) is 8.75. The van der Waals surface area contributed by atoms with Crippen LogP contribution in [0.4, 0.5) is 5.69 Å². The first kappa shape index (κ1) is 21.9. The van der Waals surface area contributed by atoms with E-state index in [4.69, 9.17) is 10.5 Å². The minimum atomic E-state index is -0.0967. The second-order valence-corrected chi connectivity index (χ2v) is 8.75. The van der Waals surface area contributed by atoms with Crippen LogP contribution in [0.1, 0.15) is 52.4 Å². The van der Waals surface area contributed by atoms with E-state index in [1.165, 1.54) is 44.3 Å². The molecule has 0 bridgehead atoms. The van der Waals surface area contributed by atoms with Crippen LogP contribution in [0.5, 0.6) is 5.75 Å². The van der Waals surface area contributed by atoms with E-state index in [9.17, 15) is 4.79 Å². The molecule has 3 rings (SSSR count). The molecular weight excluding hydrogens is 362 g/mol. The molecule has 1 saturated carbocycles. The van der Waals surface area contributed by atoms with Gasteiger partial charge in [0, 0.05) is 43.9 Å². The van der Waals surface area contributed by atoms with Gasteiger partial charge in [0.1, 0.15) is 5.75 Å². The van der Waals surface area contributed by atoms with Crippen molar-refractivity contribution in [3.63, 3.8) is 0 Å². The smallest absolute Gasteiger partial charge is 0.220 e. The second kappa shape index (κ2) is 10.9. The lowest BCUT2D eigenvalue weighted by Gasteiger charge is -2.37. The number of ether oxygens (including phenoxy) is 1. The minimum Gasteiger partial charge on any atom is -0.494 e. The van der Waals surface area contributed by atoms with Gasteiger partial charge in [-0.3, -0.25) is 9.69 Å². The van der Waals surface area contributed by atoms with Gasteiger partial charge in [0.2, 0.25) is 5.91 Å². The van der Waals surface area contributed by atoms with Crippen molar-refractivity contribution in [2.75, 3.05) is 44.2 Å². The van der Waals surface area contributed by atoms with E-state index in [-0.39, 0.29) is 11.8 Å². The quantitative estimate of drug-likeness (QED) is 0.681. The molecule has 2 N–H and O–H groups in total. The molecule has 1 aromatic rings. The first-order valence-corrected chi connectivity index (χ1v) is 11.6. The fraction of sp³-hybridized carbons (Fsp3) is 0.708. The summed E-state index contributed by atoms with van der Waals surface area (Å²) in [6, 6.07) is 8.47. The minimum absolute atomic E-state index is 0.0882. The lowest BCUT2D eigenvalue weighted by Crippen LogP contribution is -2.47. The van der Waals surface area contributed by atoms with E-state index in [2.05, 4.69) is 34.9 Å². The predicted molar refractivity (Wildman–Crippen MR) is 119 cm³/mol. The highest BCUT2D eigenvalue weighted by atomic mass is 16.5. The molecular formula is C24H39N3O2. The van der Waals surface area contributed by atoms with Gasteiger partial charge >= 0.3 is 0 Å². The molecule has 1 heterocycles. The van der Waals surface area contributed by atoms with E-state index in [0.29, 0.717) is 12.5 Å². The summed E-state index contributed by atoms with van der Waals surface area (Å²) >= 11 is 0. The van der Waals surface area contributed by atoms with Crippen LogP contribution in [0.15, 0.2) is 24.3 Å². The summed E-state index contributed by atoms with van der Waals surface area (Å²) in [5, 5.41) is 0. The summed E-state index contributed by atoms with van der Waals surface area (Å²) in [5.41, 5.74) is 6.86. The van der Waals surface area contributed by atoms with Crippen LogP contribution in [0, 0.1) is 17.8 Å². The Bertz CT molecular complexity index is 635. The number of amides is 1. The number of primary amides is 1. The highest BCUT2D eigenvalue weighted by Crippen LogP contribution is 2.36. The number of rotatable bonds is 9. The number of carbonyl (C=O) groups is 1. The maximum Gasteiger partial charge on any atom is 0.220 e. The topological polar surface area (TPSA) is 58.8 Å². The van der Waals surface area contributed by atoms with Crippen molar-refractivity contribution in [3.8, 4) is 5.75 Å². The van der Waals surface area contributed by atoms with Gasteiger partial charge in [-0.05, 0) is 63.1 Å². The van der Waals surface area contributed by atoms with Gasteiger partial charge in [0.15, 0.2) is 0 Å². The monoisotopic (exact) mass is 401 g/mol. The predicted octanol–water partition coefficient (Wildman–Crippen LogP) is 3.92. The molecule has 0 aromatic heterocycles. The number of carbonyl (C=O) groups excluding carboxylic acids is 1. The summed E-state index contributed by atoms with van der Waals surface area (Å²) in [6.45, 7) is 10.5. The molecule has 1 atom stereocenters. The summed E-state index contributed by atoms with van der Waals surface area (Å²) in [5.74, 6) is 2.29. The highest BCUT2D eigenvalue weighted by Gasteiger charge is 2.30. The number of nitrogens with zero attached hydrogens (tertiary/aromatic N) is 2. The first-order chi connectivity index (χ1) is 14.1. The third-order valence-corrected chi connectivity index (χ3v) is 6.99. The fourth-order valence-corrected chi connectivity index (χ4v) is 5.18. The number of piperazine rings is 1. The number of benzene rings is 1. The molecule has 1 aromatic carbocycles. The molecule has 2 fully saturated rings. The zero-order chi connectivity index (χ0) is 20.6. The highest BCUT2D eigenvalue weighted by molar-refractivity contribution is 5.76. The summed E-state index contributed by atoms with van der Waals surface area (Å²) in [4.78, 5) is 16.7. The summed E-state index contributed by atoms with van der Waals surface area (Å²) < 4.78 is 5.64.